The average Bonchev–Trinajstić information content (AvgIpc) is 3.07. The highest BCUT2D eigenvalue weighted by Crippen LogP contribution is 2.25. The normalized spacial score (nSPS) is 11.7. The molecular formula is C19H19ClN4O2. The molecule has 26 heavy (non-hydrogen) atoms. The molecule has 0 radical (unpaired) electrons. The second-order valence-corrected chi connectivity index (χ2v) is 6.12. The highest BCUT2D eigenvalue weighted by Gasteiger charge is 2.21. The smallest absolute Gasteiger partial charge is 0.320 e. The van der Waals surface area contributed by atoms with Gasteiger partial charge < -0.3 is 19.9 Å². The van der Waals surface area contributed by atoms with Crippen LogP contribution in [0.1, 0.15) is 17.4 Å². The van der Waals surface area contributed by atoms with Crippen LogP contribution in [-0.2, 0) is 7.05 Å². The summed E-state index contributed by atoms with van der Waals surface area (Å²) >= 11 is 5.98. The van der Waals surface area contributed by atoms with E-state index in [2.05, 4.69) is 15.6 Å². The van der Waals surface area contributed by atoms with E-state index in [4.69, 9.17) is 16.3 Å². The average molecular weight is 371 g/mol. The van der Waals surface area contributed by atoms with E-state index < -0.39 is 6.04 Å². The number of amides is 2. The van der Waals surface area contributed by atoms with Crippen molar-refractivity contribution in [3.05, 3.63) is 77.3 Å². The fourth-order valence-corrected chi connectivity index (χ4v) is 2.77. The van der Waals surface area contributed by atoms with Crippen molar-refractivity contribution in [1.82, 2.24) is 14.9 Å². The number of benzene rings is 2. The maximum absolute atomic E-state index is 12.6. The minimum atomic E-state index is -0.429. The first-order valence-corrected chi connectivity index (χ1v) is 8.39. The summed E-state index contributed by atoms with van der Waals surface area (Å²) in [5.41, 5.74) is 1.46. The van der Waals surface area contributed by atoms with E-state index in [0.717, 1.165) is 5.56 Å². The van der Waals surface area contributed by atoms with Crippen molar-refractivity contribution in [2.75, 3.05) is 12.4 Å². The molecule has 1 aromatic heterocycles. The number of hydrogen-bond acceptors (Lipinski definition) is 3. The van der Waals surface area contributed by atoms with E-state index >= 15 is 0 Å². The van der Waals surface area contributed by atoms with Gasteiger partial charge in [-0.25, -0.2) is 9.78 Å². The number of carbonyl (C=O) groups is 1. The van der Waals surface area contributed by atoms with E-state index in [9.17, 15) is 4.79 Å². The van der Waals surface area contributed by atoms with Gasteiger partial charge in [-0.15, -0.1) is 0 Å². The molecule has 1 atom stereocenters. The minimum absolute atomic E-state index is 0.363. The summed E-state index contributed by atoms with van der Waals surface area (Å²) in [5.74, 6) is 1.30. The zero-order chi connectivity index (χ0) is 18.5. The summed E-state index contributed by atoms with van der Waals surface area (Å²) in [6, 6.07) is 13.7. The number of para-hydroxylation sites is 2. The van der Waals surface area contributed by atoms with E-state index in [1.807, 2.05) is 42.1 Å². The molecule has 1 heterocycles. The summed E-state index contributed by atoms with van der Waals surface area (Å²) in [6.45, 7) is 0. The first-order valence-electron chi connectivity index (χ1n) is 8.01. The monoisotopic (exact) mass is 370 g/mol. The highest BCUT2D eigenvalue weighted by molar-refractivity contribution is 6.30. The Morgan fingerprint density at radius 3 is 2.58 bits per heavy atom. The Labute approximate surface area is 156 Å². The standard InChI is InChI=1S/C19H19ClN4O2/c1-24-12-11-21-18(24)17(13-7-9-14(20)10-8-13)23-19(25)22-15-5-3-4-6-16(15)26-2/h3-12,17H,1-2H3,(H2,22,23,25). The maximum atomic E-state index is 12.6. The maximum Gasteiger partial charge on any atom is 0.320 e. The number of anilines is 1. The number of halogens is 1. The van der Waals surface area contributed by atoms with Gasteiger partial charge in [-0.05, 0) is 29.8 Å². The Kier molecular flexibility index (Phi) is 5.43. The number of aryl methyl sites for hydroxylation is 1. The van der Waals surface area contributed by atoms with Crippen LogP contribution in [0.25, 0.3) is 0 Å². The number of rotatable bonds is 5. The molecule has 0 saturated heterocycles. The Morgan fingerprint density at radius 2 is 1.92 bits per heavy atom. The van der Waals surface area contributed by atoms with Crippen molar-refractivity contribution < 1.29 is 9.53 Å². The lowest BCUT2D eigenvalue weighted by Gasteiger charge is -2.20. The number of hydrogen-bond donors (Lipinski definition) is 2. The van der Waals surface area contributed by atoms with E-state index in [-0.39, 0.29) is 6.03 Å². The van der Waals surface area contributed by atoms with Crippen LogP contribution in [0.4, 0.5) is 10.5 Å². The van der Waals surface area contributed by atoms with Gasteiger partial charge in [-0.3, -0.25) is 0 Å². The first kappa shape index (κ1) is 17.8. The zero-order valence-electron chi connectivity index (χ0n) is 14.4. The molecule has 0 saturated carbocycles. The molecule has 3 rings (SSSR count). The molecule has 0 fully saturated rings. The molecule has 134 valence electrons. The molecule has 0 aliphatic heterocycles. The molecule has 2 aromatic carbocycles. The zero-order valence-corrected chi connectivity index (χ0v) is 15.2. The molecular weight excluding hydrogens is 352 g/mol. The van der Waals surface area contributed by atoms with Gasteiger partial charge in [0.25, 0.3) is 0 Å². The van der Waals surface area contributed by atoms with E-state index in [1.165, 1.54) is 0 Å². The van der Waals surface area contributed by atoms with Gasteiger partial charge >= 0.3 is 6.03 Å². The second kappa shape index (κ2) is 7.93. The van der Waals surface area contributed by atoms with Gasteiger partial charge in [-0.2, -0.15) is 0 Å². The number of imidazole rings is 1. The second-order valence-electron chi connectivity index (χ2n) is 5.68. The summed E-state index contributed by atoms with van der Waals surface area (Å²) in [4.78, 5) is 17.0. The third kappa shape index (κ3) is 3.97. The predicted octanol–water partition coefficient (Wildman–Crippen LogP) is 3.99. The molecule has 2 N–H and O–H groups in total. The number of carbonyl (C=O) groups excluding carboxylic acids is 1. The fraction of sp³-hybridized carbons (Fsp3) is 0.158. The summed E-state index contributed by atoms with van der Waals surface area (Å²) in [5, 5.41) is 6.41. The SMILES string of the molecule is COc1ccccc1NC(=O)NC(c1ccc(Cl)cc1)c1nccn1C. The highest BCUT2D eigenvalue weighted by atomic mass is 35.5. The van der Waals surface area contributed by atoms with Gasteiger partial charge in [0.15, 0.2) is 0 Å². The van der Waals surface area contributed by atoms with Crippen LogP contribution in [0.3, 0.4) is 0 Å². The van der Waals surface area contributed by atoms with Crippen molar-refractivity contribution in [2.45, 2.75) is 6.04 Å². The largest absolute Gasteiger partial charge is 0.495 e. The van der Waals surface area contributed by atoms with Gasteiger partial charge in [0.2, 0.25) is 0 Å². The lowest BCUT2D eigenvalue weighted by atomic mass is 10.1. The minimum Gasteiger partial charge on any atom is -0.495 e. The predicted molar refractivity (Wildman–Crippen MR) is 102 cm³/mol. The molecule has 3 aromatic rings. The number of nitrogens with zero attached hydrogens (tertiary/aromatic N) is 2. The van der Waals surface area contributed by atoms with Crippen molar-refractivity contribution >= 4 is 23.3 Å². The lowest BCUT2D eigenvalue weighted by molar-refractivity contribution is 0.249. The van der Waals surface area contributed by atoms with Crippen LogP contribution >= 0.6 is 11.6 Å². The molecule has 0 aliphatic carbocycles. The van der Waals surface area contributed by atoms with Crippen LogP contribution < -0.4 is 15.4 Å². The Hall–Kier alpha value is -2.99. The molecule has 1 unspecified atom stereocenters. The van der Waals surface area contributed by atoms with Crippen molar-refractivity contribution in [2.24, 2.45) is 7.05 Å². The molecule has 0 spiro atoms. The molecule has 6 nitrogen and oxygen atoms in total. The molecule has 0 bridgehead atoms. The van der Waals surface area contributed by atoms with Crippen LogP contribution in [0.2, 0.25) is 5.02 Å². The summed E-state index contributed by atoms with van der Waals surface area (Å²) < 4.78 is 7.13. The van der Waals surface area contributed by atoms with Crippen molar-refractivity contribution in [3.63, 3.8) is 0 Å². The Morgan fingerprint density at radius 1 is 1.19 bits per heavy atom. The number of nitrogens with one attached hydrogen (secondary N) is 2. The van der Waals surface area contributed by atoms with Crippen LogP contribution in [0, 0.1) is 0 Å². The number of urea groups is 1. The summed E-state index contributed by atoms with van der Waals surface area (Å²) in [7, 11) is 3.44. The van der Waals surface area contributed by atoms with Gasteiger partial charge in [-0.1, -0.05) is 35.9 Å². The number of methoxy groups -OCH3 is 1. The van der Waals surface area contributed by atoms with Crippen molar-refractivity contribution in [3.8, 4) is 5.75 Å². The molecule has 7 heteroatoms. The molecule has 2 amide bonds. The van der Waals surface area contributed by atoms with Crippen LogP contribution in [0.5, 0.6) is 5.75 Å². The quantitative estimate of drug-likeness (QED) is 0.713. The van der Waals surface area contributed by atoms with E-state index in [1.54, 1.807) is 37.6 Å². The third-order valence-electron chi connectivity index (χ3n) is 3.95. The van der Waals surface area contributed by atoms with Gasteiger partial charge in [0.05, 0.1) is 12.8 Å². The van der Waals surface area contributed by atoms with E-state index in [0.29, 0.717) is 22.3 Å². The van der Waals surface area contributed by atoms with Crippen LogP contribution in [-0.4, -0.2) is 22.7 Å². The van der Waals surface area contributed by atoms with Gasteiger partial charge in [0, 0.05) is 24.5 Å². The van der Waals surface area contributed by atoms with Crippen LogP contribution in [0.15, 0.2) is 60.9 Å². The summed E-state index contributed by atoms with van der Waals surface area (Å²) in [6.07, 6.45) is 3.52. The molecule has 0 aliphatic rings. The van der Waals surface area contributed by atoms with Crippen molar-refractivity contribution in [1.29, 1.82) is 0 Å². The fourth-order valence-electron chi connectivity index (χ4n) is 2.64. The topological polar surface area (TPSA) is 68.2 Å². The van der Waals surface area contributed by atoms with Gasteiger partial charge in [0.1, 0.15) is 17.6 Å². The Bertz CT molecular complexity index is 893. The first-order chi connectivity index (χ1) is 12.6. The third-order valence-corrected chi connectivity index (χ3v) is 4.20. The number of ether oxygens (including phenoxy) is 1. The lowest BCUT2D eigenvalue weighted by Crippen LogP contribution is -2.34. The Balaban J connectivity index is 1.85. The number of aromatic nitrogens is 2.